The lowest BCUT2D eigenvalue weighted by Crippen LogP contribution is -2.36. The van der Waals surface area contributed by atoms with Crippen LogP contribution in [-0.4, -0.2) is 53.2 Å². The molecule has 1 saturated heterocycles. The zero-order valence-electron chi connectivity index (χ0n) is 14.7. The number of nitrogens with zero attached hydrogens (tertiary/aromatic N) is 3. The van der Waals surface area contributed by atoms with Gasteiger partial charge in [-0.25, -0.2) is 0 Å². The number of amides is 1. The van der Waals surface area contributed by atoms with Gasteiger partial charge < -0.3 is 19.6 Å². The van der Waals surface area contributed by atoms with Gasteiger partial charge in [0.1, 0.15) is 18.0 Å². The van der Waals surface area contributed by atoms with Crippen LogP contribution in [0.4, 0.5) is 0 Å². The largest absolute Gasteiger partial charge is 0.357 e. The lowest BCUT2D eigenvalue weighted by molar-refractivity contribution is -0.110. The summed E-state index contributed by atoms with van der Waals surface area (Å²) in [6.45, 7) is 4.69. The summed E-state index contributed by atoms with van der Waals surface area (Å²) in [6.07, 6.45) is 1.35. The molecule has 0 aliphatic carbocycles. The predicted octanol–water partition coefficient (Wildman–Crippen LogP) is 3.47. The number of hydrogen-bond donors (Lipinski definition) is 1. The lowest BCUT2D eigenvalue weighted by atomic mass is 10.1. The summed E-state index contributed by atoms with van der Waals surface area (Å²) in [5, 5.41) is 10.8. The van der Waals surface area contributed by atoms with Crippen LogP contribution in [0.15, 0.2) is 30.5 Å². The molecule has 1 fully saturated rings. The molecule has 0 saturated carbocycles. The molecule has 1 aliphatic rings. The van der Waals surface area contributed by atoms with E-state index in [1.165, 1.54) is 4.90 Å². The minimum Gasteiger partial charge on any atom is -0.357 e. The molecule has 27 heavy (non-hydrogen) atoms. The van der Waals surface area contributed by atoms with E-state index in [2.05, 4.69) is 17.6 Å². The molecule has 8 heteroatoms. The quantitative estimate of drug-likeness (QED) is 0.773. The molecule has 0 bridgehead atoms. The van der Waals surface area contributed by atoms with Crippen LogP contribution in [-0.2, 0) is 4.79 Å². The van der Waals surface area contributed by atoms with Crippen LogP contribution in [0.2, 0.25) is 10.0 Å². The van der Waals surface area contributed by atoms with E-state index >= 15 is 0 Å². The Kier molecular flexibility index (Phi) is 5.45. The van der Waals surface area contributed by atoms with Gasteiger partial charge in [-0.05, 0) is 24.6 Å². The molecule has 0 spiro atoms. The van der Waals surface area contributed by atoms with E-state index in [1.54, 1.807) is 30.1 Å². The number of fused-ring (bicyclic) bond motifs is 1. The number of rotatable bonds is 5. The number of aromatic amines is 1. The fraction of sp³-hybridized carbons (Fsp3) is 0.316. The molecular formula is C19H18Cl2N4O2. The fourth-order valence-electron chi connectivity index (χ4n) is 3.34. The van der Waals surface area contributed by atoms with Crippen LogP contribution in [0.3, 0.4) is 0 Å². The highest BCUT2D eigenvalue weighted by Gasteiger charge is 2.33. The maximum absolute atomic E-state index is 12.8. The van der Waals surface area contributed by atoms with E-state index in [9.17, 15) is 14.9 Å². The minimum atomic E-state index is -0.398. The minimum absolute atomic E-state index is 0.187. The van der Waals surface area contributed by atoms with E-state index in [4.69, 9.17) is 23.2 Å². The van der Waals surface area contributed by atoms with Gasteiger partial charge in [-0.1, -0.05) is 29.8 Å². The van der Waals surface area contributed by atoms with E-state index in [0.717, 1.165) is 11.8 Å². The summed E-state index contributed by atoms with van der Waals surface area (Å²) in [4.78, 5) is 30.2. The van der Waals surface area contributed by atoms with E-state index < -0.39 is 6.04 Å². The molecule has 6 nitrogen and oxygen atoms in total. The Morgan fingerprint density at radius 1 is 1.52 bits per heavy atom. The third-order valence-corrected chi connectivity index (χ3v) is 5.59. The number of aromatic nitrogens is 1. The first-order valence-corrected chi connectivity index (χ1v) is 9.12. The van der Waals surface area contributed by atoms with Gasteiger partial charge in [-0.2, -0.15) is 5.26 Å². The monoisotopic (exact) mass is 404 g/mol. The molecule has 2 heterocycles. The van der Waals surface area contributed by atoms with Gasteiger partial charge in [-0.3, -0.25) is 4.79 Å². The summed E-state index contributed by atoms with van der Waals surface area (Å²) >= 11 is 12.2. The summed E-state index contributed by atoms with van der Waals surface area (Å²) in [6, 6.07) is 6.89. The summed E-state index contributed by atoms with van der Waals surface area (Å²) in [5.41, 5.74) is 1.73. The Balaban J connectivity index is 1.74. The number of nitrogens with one attached hydrogen (secondary N) is 1. The number of hydrogen-bond acceptors (Lipinski definition) is 4. The first-order valence-electron chi connectivity index (χ1n) is 8.37. The molecular weight excluding hydrogens is 387 g/mol. The number of carbonyl (C=O) groups is 2. The topological polar surface area (TPSA) is 80.2 Å². The zero-order valence-corrected chi connectivity index (χ0v) is 16.2. The van der Waals surface area contributed by atoms with Crippen molar-refractivity contribution < 1.29 is 9.59 Å². The van der Waals surface area contributed by atoms with Crippen LogP contribution in [0, 0.1) is 17.2 Å². The SMILES string of the molecule is C=C(CN(C)C(=O)c1cc2c(Cl)c(Cl)ccc2[nH]1)N1CC(C=O)CC1C#N. The van der Waals surface area contributed by atoms with Gasteiger partial charge in [0.05, 0.1) is 22.7 Å². The first kappa shape index (κ1) is 19.3. The van der Waals surface area contributed by atoms with Gasteiger partial charge in [0.15, 0.2) is 0 Å². The standard InChI is InChI=1S/C19H18Cl2N4O2/c1-11(25-9-12(10-26)5-13(25)7-22)8-24(2)19(27)17-6-14-16(23-17)4-3-15(20)18(14)21/h3-4,6,10,12-13,23H,1,5,8-9H2,2H3. The van der Waals surface area contributed by atoms with Crippen molar-refractivity contribution in [2.45, 2.75) is 12.5 Å². The van der Waals surface area contributed by atoms with Gasteiger partial charge in [0.25, 0.3) is 5.91 Å². The normalized spacial score (nSPS) is 19.1. The number of carbonyl (C=O) groups excluding carboxylic acids is 2. The first-order chi connectivity index (χ1) is 12.8. The Labute approximate surface area is 166 Å². The van der Waals surface area contributed by atoms with Crippen molar-refractivity contribution >= 4 is 46.3 Å². The predicted molar refractivity (Wildman–Crippen MR) is 105 cm³/mol. The summed E-state index contributed by atoms with van der Waals surface area (Å²) in [7, 11) is 1.66. The second-order valence-corrected chi connectivity index (χ2v) is 7.45. The number of likely N-dealkylation sites (N-methyl/N-ethyl adjacent to an activating group) is 1. The molecule has 1 aliphatic heterocycles. The van der Waals surface area contributed by atoms with Crippen molar-refractivity contribution in [2.24, 2.45) is 5.92 Å². The average Bonchev–Trinajstić information content (AvgIpc) is 3.28. The molecule has 1 aromatic heterocycles. The molecule has 1 amide bonds. The highest BCUT2D eigenvalue weighted by atomic mass is 35.5. The van der Waals surface area contributed by atoms with Crippen molar-refractivity contribution in [1.82, 2.24) is 14.8 Å². The van der Waals surface area contributed by atoms with Gasteiger partial charge in [0, 0.05) is 36.1 Å². The number of benzene rings is 1. The summed E-state index contributed by atoms with van der Waals surface area (Å²) < 4.78 is 0. The Morgan fingerprint density at radius 2 is 2.26 bits per heavy atom. The maximum Gasteiger partial charge on any atom is 0.270 e. The molecule has 0 radical (unpaired) electrons. The molecule has 1 N–H and O–H groups in total. The number of nitriles is 1. The Hall–Kier alpha value is -2.49. The van der Waals surface area contributed by atoms with Crippen molar-refractivity contribution in [2.75, 3.05) is 20.1 Å². The average molecular weight is 405 g/mol. The molecule has 140 valence electrons. The second-order valence-electron chi connectivity index (χ2n) is 6.66. The van der Waals surface area contributed by atoms with Crippen LogP contribution in [0.25, 0.3) is 10.9 Å². The zero-order chi connectivity index (χ0) is 19.7. The summed E-state index contributed by atoms with van der Waals surface area (Å²) in [5.74, 6) is -0.424. The number of halogens is 2. The molecule has 1 aromatic carbocycles. The highest BCUT2D eigenvalue weighted by Crippen LogP contribution is 2.31. The van der Waals surface area contributed by atoms with E-state index in [-0.39, 0.29) is 18.4 Å². The van der Waals surface area contributed by atoms with Crippen molar-refractivity contribution in [3.63, 3.8) is 0 Å². The van der Waals surface area contributed by atoms with Crippen molar-refractivity contribution in [3.8, 4) is 6.07 Å². The third kappa shape index (κ3) is 3.66. The molecule has 2 aromatic rings. The third-order valence-electron chi connectivity index (χ3n) is 4.77. The fourth-order valence-corrected chi connectivity index (χ4v) is 3.72. The van der Waals surface area contributed by atoms with Gasteiger partial charge >= 0.3 is 0 Å². The smallest absolute Gasteiger partial charge is 0.270 e. The van der Waals surface area contributed by atoms with Crippen LogP contribution in [0.1, 0.15) is 16.9 Å². The number of aldehydes is 1. The molecule has 3 rings (SSSR count). The molecule has 2 atom stereocenters. The Bertz CT molecular complexity index is 963. The van der Waals surface area contributed by atoms with Crippen molar-refractivity contribution in [1.29, 1.82) is 5.26 Å². The van der Waals surface area contributed by atoms with Crippen LogP contribution in [0.5, 0.6) is 0 Å². The van der Waals surface area contributed by atoms with Crippen LogP contribution >= 0.6 is 23.2 Å². The number of H-pyrrole nitrogens is 1. The maximum atomic E-state index is 12.8. The Morgan fingerprint density at radius 3 is 2.93 bits per heavy atom. The molecule has 2 unspecified atom stereocenters. The van der Waals surface area contributed by atoms with Gasteiger partial charge in [0.2, 0.25) is 0 Å². The second kappa shape index (κ2) is 7.63. The number of likely N-dealkylation sites (tertiary alicyclic amines) is 1. The van der Waals surface area contributed by atoms with E-state index in [1.807, 2.05) is 0 Å². The van der Waals surface area contributed by atoms with Crippen molar-refractivity contribution in [3.05, 3.63) is 46.2 Å². The lowest BCUT2D eigenvalue weighted by Gasteiger charge is -2.27. The van der Waals surface area contributed by atoms with E-state index in [0.29, 0.717) is 39.8 Å². The highest BCUT2D eigenvalue weighted by molar-refractivity contribution is 6.45. The van der Waals surface area contributed by atoms with Gasteiger partial charge in [-0.15, -0.1) is 0 Å². The van der Waals surface area contributed by atoms with Crippen LogP contribution < -0.4 is 0 Å².